The molecule has 0 aliphatic carbocycles. The summed E-state index contributed by atoms with van der Waals surface area (Å²) in [4.78, 5) is 39.0. The Morgan fingerprint density at radius 1 is 1.11 bits per heavy atom. The minimum absolute atomic E-state index is 0.0747. The van der Waals surface area contributed by atoms with Crippen LogP contribution in [0.25, 0.3) is 43.4 Å². The van der Waals surface area contributed by atoms with Gasteiger partial charge in [-0.1, -0.05) is 23.2 Å². The molecule has 0 amide bonds. The van der Waals surface area contributed by atoms with Crippen LogP contribution >= 0.6 is 34.5 Å². The maximum atomic E-state index is 13.9. The fraction of sp³-hybridized carbons (Fsp3) is 0.152. The molecule has 0 atom stereocenters. The van der Waals surface area contributed by atoms with Crippen molar-refractivity contribution in [3.63, 3.8) is 0 Å². The van der Waals surface area contributed by atoms with Gasteiger partial charge in [-0.2, -0.15) is 5.26 Å². The smallest absolute Gasteiger partial charge is 0.338 e. The molecule has 4 aromatic heterocycles. The maximum Gasteiger partial charge on any atom is 0.338 e. The molecule has 46 heavy (non-hydrogen) atoms. The average Bonchev–Trinajstić information content (AvgIpc) is 3.46. The number of aromatic nitrogens is 4. The molecule has 230 valence electrons. The van der Waals surface area contributed by atoms with Crippen molar-refractivity contribution in [1.82, 2.24) is 19.5 Å². The van der Waals surface area contributed by atoms with Crippen molar-refractivity contribution < 1.29 is 19.4 Å². The van der Waals surface area contributed by atoms with Gasteiger partial charge in [0.15, 0.2) is 0 Å². The number of thiophene rings is 1. The molecule has 10 nitrogen and oxygen atoms in total. The van der Waals surface area contributed by atoms with Gasteiger partial charge in [-0.3, -0.25) is 14.3 Å². The number of nitrogens with zero attached hydrogens (tertiary/aromatic N) is 5. The van der Waals surface area contributed by atoms with Crippen molar-refractivity contribution in [2.45, 2.75) is 20.4 Å². The van der Waals surface area contributed by atoms with Crippen LogP contribution in [0, 0.1) is 25.2 Å². The summed E-state index contributed by atoms with van der Waals surface area (Å²) in [7, 11) is 1.50. The lowest BCUT2D eigenvalue weighted by molar-refractivity contribution is 0.0699. The molecule has 4 heterocycles. The van der Waals surface area contributed by atoms with Gasteiger partial charge in [-0.25, -0.2) is 14.8 Å². The number of aromatic carboxylic acids is 1. The summed E-state index contributed by atoms with van der Waals surface area (Å²) in [6, 6.07) is 14.1. The van der Waals surface area contributed by atoms with Crippen LogP contribution in [0.15, 0.2) is 58.8 Å². The van der Waals surface area contributed by atoms with Gasteiger partial charge in [0, 0.05) is 50.6 Å². The number of carboxylic acids is 1. The van der Waals surface area contributed by atoms with Crippen LogP contribution < -0.4 is 15.0 Å². The molecular formula is C33H23Cl2N5O5S. The van der Waals surface area contributed by atoms with Crippen molar-refractivity contribution in [3.8, 4) is 40.0 Å². The molecule has 0 saturated heterocycles. The number of halogens is 2. The topological polar surface area (TPSA) is 140 Å². The number of hydrogen-bond donors (Lipinski definition) is 1. The van der Waals surface area contributed by atoms with Gasteiger partial charge in [0.25, 0.3) is 5.56 Å². The van der Waals surface area contributed by atoms with E-state index in [0.717, 1.165) is 5.56 Å². The second kappa shape index (κ2) is 12.4. The van der Waals surface area contributed by atoms with E-state index in [-0.39, 0.29) is 34.7 Å². The summed E-state index contributed by atoms with van der Waals surface area (Å²) in [6.07, 6.45) is 1.53. The van der Waals surface area contributed by atoms with Gasteiger partial charge in [-0.05, 0) is 50.2 Å². The molecule has 6 rings (SSSR count). The van der Waals surface area contributed by atoms with Crippen LogP contribution in [-0.4, -0.2) is 44.3 Å². The number of rotatable bonds is 8. The summed E-state index contributed by atoms with van der Waals surface area (Å²) >= 11 is 14.3. The monoisotopic (exact) mass is 671 g/mol. The van der Waals surface area contributed by atoms with E-state index in [1.54, 1.807) is 55.6 Å². The Labute approximate surface area is 276 Å². The van der Waals surface area contributed by atoms with Crippen LogP contribution in [0.5, 0.6) is 11.6 Å². The van der Waals surface area contributed by atoms with Gasteiger partial charge in [-0.15, -0.1) is 11.3 Å². The van der Waals surface area contributed by atoms with Crippen LogP contribution in [0.3, 0.4) is 0 Å². The summed E-state index contributed by atoms with van der Waals surface area (Å²) in [5.41, 5.74) is 3.45. The van der Waals surface area contributed by atoms with Crippen LogP contribution in [0.4, 0.5) is 0 Å². The Bertz CT molecular complexity index is 2290. The zero-order valence-corrected chi connectivity index (χ0v) is 26.9. The third kappa shape index (κ3) is 5.51. The zero-order valence-electron chi connectivity index (χ0n) is 24.6. The van der Waals surface area contributed by atoms with Crippen molar-refractivity contribution >= 4 is 61.6 Å². The van der Waals surface area contributed by atoms with E-state index >= 15 is 0 Å². The Morgan fingerprint density at radius 2 is 1.91 bits per heavy atom. The number of benzene rings is 2. The number of hydrogen-bond acceptors (Lipinski definition) is 9. The predicted octanol–water partition coefficient (Wildman–Crippen LogP) is 7.32. The number of carbonyl (C=O) groups is 1. The van der Waals surface area contributed by atoms with Crippen molar-refractivity contribution in [1.29, 1.82) is 5.26 Å². The minimum atomic E-state index is -1.06. The lowest BCUT2D eigenvalue weighted by Crippen LogP contribution is -2.27. The van der Waals surface area contributed by atoms with Gasteiger partial charge < -0.3 is 14.6 Å². The number of nitriles is 1. The highest BCUT2D eigenvalue weighted by molar-refractivity contribution is 7.18. The van der Waals surface area contributed by atoms with Crippen molar-refractivity contribution in [3.05, 3.63) is 97.1 Å². The molecule has 0 aliphatic rings. The highest BCUT2D eigenvalue weighted by atomic mass is 35.5. The highest BCUT2D eigenvalue weighted by Gasteiger charge is 2.22. The Balaban J connectivity index is 1.37. The number of carboxylic acid groups (broad SMARTS) is 1. The first kappa shape index (κ1) is 31.0. The molecule has 0 aliphatic heterocycles. The van der Waals surface area contributed by atoms with Gasteiger partial charge in [0.1, 0.15) is 24.3 Å². The van der Waals surface area contributed by atoms with Gasteiger partial charge in [0.2, 0.25) is 5.88 Å². The third-order valence-electron chi connectivity index (χ3n) is 7.42. The normalized spacial score (nSPS) is 11.1. The predicted molar refractivity (Wildman–Crippen MR) is 178 cm³/mol. The van der Waals surface area contributed by atoms with E-state index in [2.05, 4.69) is 21.0 Å². The highest BCUT2D eigenvalue weighted by Crippen LogP contribution is 2.40. The summed E-state index contributed by atoms with van der Waals surface area (Å²) in [5.74, 6) is 0.242. The van der Waals surface area contributed by atoms with E-state index in [9.17, 15) is 20.0 Å². The number of pyridine rings is 2. The number of ether oxygens (including phenoxy) is 2. The molecule has 0 fully saturated rings. The van der Waals surface area contributed by atoms with Crippen molar-refractivity contribution in [2.75, 3.05) is 13.7 Å². The first-order valence-corrected chi connectivity index (χ1v) is 15.4. The zero-order chi connectivity index (χ0) is 32.7. The standard InChI is InChI=1S/C33H23Cl2N5O5S/c1-16-10-21(31-30(38-16)23(15-46-31)33(42)43)20-11-19(34)5-6-26(20)45-9-8-40-17(2)39-25-12-24(35)28(22(13-36)29(25)32(40)41)18-4-7-27(44-3)37-14-18/h4-7,10-12,14-15H,8-9H2,1-3H3,(H,42,43). The molecule has 0 spiro atoms. The molecule has 0 unspecified atom stereocenters. The maximum absolute atomic E-state index is 13.9. The fourth-order valence-electron chi connectivity index (χ4n) is 5.34. The quantitative estimate of drug-likeness (QED) is 0.176. The Morgan fingerprint density at radius 3 is 2.61 bits per heavy atom. The lowest BCUT2D eigenvalue weighted by Gasteiger charge is -2.16. The van der Waals surface area contributed by atoms with E-state index < -0.39 is 11.5 Å². The number of fused-ring (bicyclic) bond motifs is 2. The van der Waals surface area contributed by atoms with Crippen LogP contribution in [0.2, 0.25) is 10.0 Å². The molecule has 6 aromatic rings. The summed E-state index contributed by atoms with van der Waals surface area (Å²) in [5, 5.41) is 22.3. The van der Waals surface area contributed by atoms with E-state index in [1.807, 2.05) is 6.07 Å². The molecule has 1 N–H and O–H groups in total. The lowest BCUT2D eigenvalue weighted by atomic mass is 9.98. The molecule has 0 radical (unpaired) electrons. The van der Waals surface area contributed by atoms with E-state index in [1.165, 1.54) is 29.2 Å². The molecule has 0 bridgehead atoms. The second-order valence-electron chi connectivity index (χ2n) is 10.3. The Hall–Kier alpha value is -5.02. The molecule has 0 saturated carbocycles. The van der Waals surface area contributed by atoms with E-state index in [0.29, 0.717) is 60.6 Å². The van der Waals surface area contributed by atoms with Crippen LogP contribution in [0.1, 0.15) is 27.4 Å². The minimum Gasteiger partial charge on any atom is -0.491 e. The number of methoxy groups -OCH3 is 1. The fourth-order valence-corrected chi connectivity index (χ4v) is 6.83. The number of aryl methyl sites for hydroxylation is 2. The third-order valence-corrected chi connectivity index (χ3v) is 8.96. The van der Waals surface area contributed by atoms with E-state index in [4.69, 9.17) is 32.7 Å². The first-order chi connectivity index (χ1) is 22.1. The molecule has 13 heteroatoms. The SMILES string of the molecule is COc1ccc(-c2c(Cl)cc3nc(C)n(CCOc4ccc(Cl)cc4-c4cc(C)nc5c(C(=O)O)csc45)c(=O)c3c2C#N)cn1. The molecule has 2 aromatic carbocycles. The summed E-state index contributed by atoms with van der Waals surface area (Å²) in [6.45, 7) is 3.68. The molecular weight excluding hydrogens is 649 g/mol. The van der Waals surface area contributed by atoms with Crippen LogP contribution in [-0.2, 0) is 6.54 Å². The first-order valence-electron chi connectivity index (χ1n) is 13.8. The average molecular weight is 673 g/mol. The largest absolute Gasteiger partial charge is 0.491 e. The Kier molecular flexibility index (Phi) is 8.35. The van der Waals surface area contributed by atoms with Crippen molar-refractivity contribution in [2.24, 2.45) is 0 Å². The second-order valence-corrected chi connectivity index (χ2v) is 12.0. The van der Waals surface area contributed by atoms with Gasteiger partial charge >= 0.3 is 5.97 Å². The van der Waals surface area contributed by atoms with Gasteiger partial charge in [0.05, 0.1) is 50.9 Å². The summed E-state index contributed by atoms with van der Waals surface area (Å²) < 4.78 is 13.5.